The topological polar surface area (TPSA) is 123 Å². The average Bonchev–Trinajstić information content (AvgIpc) is 3.06. The molecule has 1 aliphatic heterocycles. The molecule has 0 aromatic heterocycles. The van der Waals surface area contributed by atoms with Crippen LogP contribution in [-0.2, 0) is 4.79 Å². The molecule has 2 aliphatic rings. The SMILES string of the molecule is CCOc1ccc(C2CC(=O)C3=C(C2)Nc2ccccc2NC3c2ccc(O)c([N+](=O)[O-])c2)cc1OC. The molecular weight excluding hydrogens is 474 g/mol. The molecular formula is C28H27N3O6. The number of nitrogens with zero attached hydrogens (tertiary/aromatic N) is 1. The van der Waals surface area contributed by atoms with E-state index in [0.29, 0.717) is 35.7 Å². The molecule has 0 saturated heterocycles. The second kappa shape index (κ2) is 9.85. The summed E-state index contributed by atoms with van der Waals surface area (Å²) in [4.78, 5) is 24.6. The zero-order valence-corrected chi connectivity index (χ0v) is 20.5. The van der Waals surface area contributed by atoms with Gasteiger partial charge in [-0.3, -0.25) is 14.9 Å². The van der Waals surface area contributed by atoms with Gasteiger partial charge in [0.05, 0.1) is 36.1 Å². The summed E-state index contributed by atoms with van der Waals surface area (Å²) in [5, 5.41) is 28.3. The fourth-order valence-corrected chi connectivity index (χ4v) is 5.06. The van der Waals surface area contributed by atoms with Crippen LogP contribution < -0.4 is 20.1 Å². The number of phenols is 1. The zero-order valence-electron chi connectivity index (χ0n) is 20.5. The van der Waals surface area contributed by atoms with Crippen molar-refractivity contribution in [2.75, 3.05) is 24.4 Å². The third-order valence-corrected chi connectivity index (χ3v) is 6.80. The highest BCUT2D eigenvalue weighted by atomic mass is 16.6. The van der Waals surface area contributed by atoms with E-state index in [2.05, 4.69) is 10.6 Å². The quantitative estimate of drug-likeness (QED) is 0.291. The zero-order chi connectivity index (χ0) is 26.1. The van der Waals surface area contributed by atoms with Crippen molar-refractivity contribution >= 4 is 22.8 Å². The maximum Gasteiger partial charge on any atom is 0.311 e. The molecule has 37 heavy (non-hydrogen) atoms. The Morgan fingerprint density at radius 2 is 1.78 bits per heavy atom. The third kappa shape index (κ3) is 4.55. The molecule has 2 unspecified atom stereocenters. The standard InChI is InChI=1S/C28H27N3O6/c1-3-37-25-11-9-16(15-26(25)36-2)18-12-21-27(24(33)14-18)28(30-20-7-5-4-6-19(20)29-21)17-8-10-23(32)22(13-17)31(34)35/h4-11,13,15,18,28-30,32H,3,12,14H2,1-2H3. The van der Waals surface area contributed by atoms with Gasteiger partial charge < -0.3 is 25.2 Å². The van der Waals surface area contributed by atoms with Crippen LogP contribution in [0.4, 0.5) is 17.1 Å². The van der Waals surface area contributed by atoms with Crippen molar-refractivity contribution in [1.82, 2.24) is 0 Å². The summed E-state index contributed by atoms with van der Waals surface area (Å²) in [5.74, 6) is 0.683. The number of para-hydroxylation sites is 2. The molecule has 9 heteroatoms. The second-order valence-electron chi connectivity index (χ2n) is 9.02. The van der Waals surface area contributed by atoms with Gasteiger partial charge in [0.1, 0.15) is 0 Å². The minimum absolute atomic E-state index is 0.0624. The molecule has 2 atom stereocenters. The van der Waals surface area contributed by atoms with Gasteiger partial charge in [0.25, 0.3) is 0 Å². The van der Waals surface area contributed by atoms with E-state index >= 15 is 0 Å². The molecule has 3 aromatic rings. The van der Waals surface area contributed by atoms with Gasteiger partial charge in [0, 0.05) is 23.8 Å². The van der Waals surface area contributed by atoms with Crippen LogP contribution in [0.15, 0.2) is 71.9 Å². The van der Waals surface area contributed by atoms with Crippen molar-refractivity contribution in [3.8, 4) is 17.2 Å². The van der Waals surface area contributed by atoms with Crippen LogP contribution in [0.1, 0.15) is 42.9 Å². The van der Waals surface area contributed by atoms with Crippen LogP contribution in [0, 0.1) is 10.1 Å². The summed E-state index contributed by atoms with van der Waals surface area (Å²) in [5.41, 5.74) is 3.94. The fourth-order valence-electron chi connectivity index (χ4n) is 5.06. The largest absolute Gasteiger partial charge is 0.502 e. The number of rotatable bonds is 6. The number of nitrogens with one attached hydrogen (secondary N) is 2. The molecule has 1 aliphatic carbocycles. The summed E-state index contributed by atoms with van der Waals surface area (Å²) in [7, 11) is 1.59. The highest BCUT2D eigenvalue weighted by molar-refractivity contribution is 6.01. The predicted molar refractivity (Wildman–Crippen MR) is 139 cm³/mol. The number of methoxy groups -OCH3 is 1. The number of ether oxygens (including phenoxy) is 2. The van der Waals surface area contributed by atoms with Crippen molar-refractivity contribution in [3.05, 3.63) is 93.2 Å². The van der Waals surface area contributed by atoms with Crippen molar-refractivity contribution in [3.63, 3.8) is 0 Å². The van der Waals surface area contributed by atoms with Crippen LogP contribution in [-0.4, -0.2) is 29.5 Å². The molecule has 3 N–H and O–H groups in total. The number of carbonyl (C=O) groups excluding carboxylic acids is 1. The summed E-state index contributed by atoms with van der Waals surface area (Å²) in [6.07, 6.45) is 0.831. The highest BCUT2D eigenvalue weighted by Gasteiger charge is 2.37. The van der Waals surface area contributed by atoms with Crippen LogP contribution in [0.3, 0.4) is 0 Å². The minimum atomic E-state index is -0.631. The average molecular weight is 502 g/mol. The molecule has 0 saturated carbocycles. The van der Waals surface area contributed by atoms with Gasteiger partial charge in [-0.15, -0.1) is 0 Å². The number of nitro benzene ring substituents is 1. The summed E-state index contributed by atoms with van der Waals surface area (Å²) >= 11 is 0. The number of hydrogen-bond acceptors (Lipinski definition) is 8. The number of carbonyl (C=O) groups is 1. The molecule has 1 heterocycles. The van der Waals surface area contributed by atoms with Gasteiger partial charge >= 0.3 is 5.69 Å². The number of anilines is 2. The molecule has 190 valence electrons. The number of fused-ring (bicyclic) bond motifs is 1. The van der Waals surface area contributed by atoms with Crippen molar-refractivity contribution in [2.45, 2.75) is 31.7 Å². The molecule has 3 aromatic carbocycles. The van der Waals surface area contributed by atoms with Crippen molar-refractivity contribution < 1.29 is 24.3 Å². The molecule has 0 spiro atoms. The molecule has 9 nitrogen and oxygen atoms in total. The normalized spacial score (nSPS) is 18.6. The third-order valence-electron chi connectivity index (χ3n) is 6.80. The van der Waals surface area contributed by atoms with Gasteiger partial charge in [-0.2, -0.15) is 0 Å². The lowest BCUT2D eigenvalue weighted by Crippen LogP contribution is -2.27. The van der Waals surface area contributed by atoms with E-state index in [1.807, 2.05) is 49.4 Å². The van der Waals surface area contributed by atoms with Gasteiger partial charge in [-0.1, -0.05) is 24.3 Å². The molecule has 0 amide bonds. The summed E-state index contributed by atoms with van der Waals surface area (Å²) in [6.45, 7) is 2.42. The van der Waals surface area contributed by atoms with Crippen LogP contribution in [0.25, 0.3) is 0 Å². The lowest BCUT2D eigenvalue weighted by atomic mass is 9.78. The number of ketones is 1. The lowest BCUT2D eigenvalue weighted by Gasteiger charge is -2.30. The number of phenolic OH excluding ortho intramolecular Hbond substituents is 1. The first-order valence-corrected chi connectivity index (χ1v) is 12.1. The number of allylic oxidation sites excluding steroid dienone is 1. The smallest absolute Gasteiger partial charge is 0.311 e. The number of Topliss-reactive ketones (excluding diaryl/α,β-unsaturated/α-hetero) is 1. The Balaban J connectivity index is 1.58. The fraction of sp³-hybridized carbons (Fsp3) is 0.250. The Kier molecular flexibility index (Phi) is 6.43. The van der Waals surface area contributed by atoms with Crippen LogP contribution >= 0.6 is 0 Å². The lowest BCUT2D eigenvalue weighted by molar-refractivity contribution is -0.385. The van der Waals surface area contributed by atoms with E-state index < -0.39 is 22.4 Å². The molecule has 0 radical (unpaired) electrons. The van der Waals surface area contributed by atoms with Crippen molar-refractivity contribution in [2.24, 2.45) is 0 Å². The second-order valence-corrected chi connectivity index (χ2v) is 9.02. The Morgan fingerprint density at radius 3 is 2.51 bits per heavy atom. The Morgan fingerprint density at radius 1 is 1.03 bits per heavy atom. The van der Waals surface area contributed by atoms with E-state index in [9.17, 15) is 20.0 Å². The van der Waals surface area contributed by atoms with Crippen molar-refractivity contribution in [1.29, 1.82) is 0 Å². The molecule has 0 bridgehead atoms. The number of nitro groups is 1. The maximum atomic E-state index is 13.7. The van der Waals surface area contributed by atoms with E-state index in [-0.39, 0.29) is 18.1 Å². The number of hydrogen-bond donors (Lipinski definition) is 3. The number of benzene rings is 3. The van der Waals surface area contributed by atoms with Crippen LogP contribution in [0.2, 0.25) is 0 Å². The minimum Gasteiger partial charge on any atom is -0.502 e. The Hall–Kier alpha value is -4.53. The molecule has 0 fully saturated rings. The van der Waals surface area contributed by atoms with Gasteiger partial charge in [-0.25, -0.2) is 0 Å². The first-order valence-electron chi connectivity index (χ1n) is 12.1. The predicted octanol–water partition coefficient (Wildman–Crippen LogP) is 5.69. The Bertz CT molecular complexity index is 1420. The highest BCUT2D eigenvalue weighted by Crippen LogP contribution is 2.46. The van der Waals surface area contributed by atoms with Gasteiger partial charge in [-0.05, 0) is 60.7 Å². The monoisotopic (exact) mass is 501 g/mol. The molecule has 5 rings (SSSR count). The maximum absolute atomic E-state index is 13.7. The van der Waals surface area contributed by atoms with E-state index in [4.69, 9.17) is 9.47 Å². The number of aromatic hydroxyl groups is 1. The van der Waals surface area contributed by atoms with E-state index in [0.717, 1.165) is 22.6 Å². The Labute approximate surface area is 213 Å². The first kappa shape index (κ1) is 24.2. The van der Waals surface area contributed by atoms with Crippen LogP contribution in [0.5, 0.6) is 17.2 Å². The first-order chi connectivity index (χ1) is 17.9. The van der Waals surface area contributed by atoms with Gasteiger partial charge in [0.2, 0.25) is 0 Å². The summed E-state index contributed by atoms with van der Waals surface area (Å²) < 4.78 is 11.2. The van der Waals surface area contributed by atoms with E-state index in [1.54, 1.807) is 13.2 Å². The summed E-state index contributed by atoms with van der Waals surface area (Å²) in [6, 6.07) is 16.9. The van der Waals surface area contributed by atoms with Gasteiger partial charge in [0.15, 0.2) is 23.0 Å². The van der Waals surface area contributed by atoms with E-state index in [1.165, 1.54) is 12.1 Å².